The number of carbonyl (C=O) groups is 3. The predicted molar refractivity (Wildman–Crippen MR) is 146 cm³/mol. The Balaban J connectivity index is 1.56. The summed E-state index contributed by atoms with van der Waals surface area (Å²) in [6.07, 6.45) is 2.49. The van der Waals surface area contributed by atoms with Crippen LogP contribution >= 0.6 is 11.3 Å². The van der Waals surface area contributed by atoms with E-state index in [1.165, 1.54) is 46.8 Å². The fourth-order valence-corrected chi connectivity index (χ4v) is 7.73. The topological polar surface area (TPSA) is 128 Å². The minimum Gasteiger partial charge on any atom is -0.313 e. The van der Waals surface area contributed by atoms with Crippen LogP contribution in [0.4, 0.5) is 5.00 Å². The first-order chi connectivity index (χ1) is 18.0. The molecule has 0 aliphatic carbocycles. The van der Waals surface area contributed by atoms with Gasteiger partial charge in [-0.3, -0.25) is 30.1 Å². The van der Waals surface area contributed by atoms with Gasteiger partial charge in [0, 0.05) is 49.6 Å². The van der Waals surface area contributed by atoms with Crippen molar-refractivity contribution in [2.45, 2.75) is 64.4 Å². The molecule has 1 saturated heterocycles. The molecule has 1 fully saturated rings. The van der Waals surface area contributed by atoms with Crippen LogP contribution in [0.2, 0.25) is 0 Å². The molecule has 10 nitrogen and oxygen atoms in total. The monoisotopic (exact) mass is 561 g/mol. The van der Waals surface area contributed by atoms with E-state index >= 15 is 0 Å². The Labute approximate surface area is 227 Å². The average Bonchev–Trinajstić information content (AvgIpc) is 3.24. The van der Waals surface area contributed by atoms with E-state index in [9.17, 15) is 22.8 Å². The van der Waals surface area contributed by atoms with Gasteiger partial charge in [-0.15, -0.1) is 11.3 Å². The molecule has 2 aliphatic rings. The van der Waals surface area contributed by atoms with Gasteiger partial charge >= 0.3 is 0 Å². The van der Waals surface area contributed by atoms with Crippen LogP contribution in [-0.4, -0.2) is 61.0 Å². The van der Waals surface area contributed by atoms with Crippen molar-refractivity contribution in [1.29, 1.82) is 0 Å². The second-order valence-corrected chi connectivity index (χ2v) is 13.3. The Kier molecular flexibility index (Phi) is 8.55. The predicted octanol–water partition coefficient (Wildman–Crippen LogP) is 2.97. The van der Waals surface area contributed by atoms with Gasteiger partial charge in [-0.2, -0.15) is 4.31 Å². The minimum absolute atomic E-state index is 0.152. The lowest BCUT2D eigenvalue weighted by Gasteiger charge is -2.30. The Morgan fingerprint density at radius 2 is 1.76 bits per heavy atom. The number of carbonyl (C=O) groups excluding carboxylic acids is 3. The fraction of sp³-hybridized carbons (Fsp3) is 0.500. The highest BCUT2D eigenvalue weighted by Crippen LogP contribution is 2.38. The molecule has 12 heteroatoms. The van der Waals surface area contributed by atoms with Gasteiger partial charge in [0.2, 0.25) is 15.9 Å². The van der Waals surface area contributed by atoms with E-state index in [-0.39, 0.29) is 10.5 Å². The molecule has 2 aromatic rings. The molecular formula is C26H35N5O5S2. The van der Waals surface area contributed by atoms with E-state index in [1.807, 2.05) is 6.92 Å². The summed E-state index contributed by atoms with van der Waals surface area (Å²) in [6.45, 7) is 9.99. The minimum atomic E-state index is -3.63. The number of piperidine rings is 1. The van der Waals surface area contributed by atoms with Gasteiger partial charge in [0.15, 0.2) is 0 Å². The number of sulfonamides is 1. The van der Waals surface area contributed by atoms with Crippen molar-refractivity contribution in [3.8, 4) is 0 Å². The molecule has 3 N–H and O–H groups in total. The number of benzene rings is 1. The maximum Gasteiger partial charge on any atom is 0.272 e. The summed E-state index contributed by atoms with van der Waals surface area (Å²) in [6, 6.07) is 6.21. The highest BCUT2D eigenvalue weighted by molar-refractivity contribution is 7.89. The molecule has 1 aromatic heterocycles. The highest BCUT2D eigenvalue weighted by atomic mass is 32.2. The SMILES string of the molecule is CC(=O)NNC(=O)c1c(NC(=O)c2ccc(S(=O)(=O)N3CCCC(C)C3)cc2)sc2c1CCN(C(C)C)C2. The van der Waals surface area contributed by atoms with Crippen LogP contribution in [0.1, 0.15) is 71.7 Å². The maximum atomic E-state index is 13.2. The number of amides is 3. The number of fused-ring (bicyclic) bond motifs is 1. The third-order valence-electron chi connectivity index (χ3n) is 7.00. The summed E-state index contributed by atoms with van der Waals surface area (Å²) in [5, 5.41) is 3.25. The summed E-state index contributed by atoms with van der Waals surface area (Å²) >= 11 is 1.35. The lowest BCUT2D eigenvalue weighted by Crippen LogP contribution is -2.41. The summed E-state index contributed by atoms with van der Waals surface area (Å²) in [7, 11) is -3.63. The molecule has 0 saturated carbocycles. The average molecular weight is 562 g/mol. The van der Waals surface area contributed by atoms with Crippen molar-refractivity contribution in [3.05, 3.63) is 45.8 Å². The van der Waals surface area contributed by atoms with Gasteiger partial charge in [0.05, 0.1) is 10.5 Å². The quantitative estimate of drug-likeness (QED) is 0.466. The van der Waals surface area contributed by atoms with Gasteiger partial charge in [0.1, 0.15) is 5.00 Å². The van der Waals surface area contributed by atoms with Crippen molar-refractivity contribution in [1.82, 2.24) is 20.1 Å². The molecule has 2 aliphatic heterocycles. The highest BCUT2D eigenvalue weighted by Gasteiger charge is 2.31. The summed E-state index contributed by atoms with van der Waals surface area (Å²) in [4.78, 5) is 41.0. The Morgan fingerprint density at radius 1 is 1.05 bits per heavy atom. The van der Waals surface area contributed by atoms with Crippen LogP contribution in [0.3, 0.4) is 0 Å². The van der Waals surface area contributed by atoms with E-state index in [0.717, 1.165) is 29.8 Å². The number of hydrogen-bond donors (Lipinski definition) is 3. The normalized spacial score (nSPS) is 18.6. The molecule has 0 spiro atoms. The lowest BCUT2D eigenvalue weighted by molar-refractivity contribution is -0.119. The van der Waals surface area contributed by atoms with E-state index in [4.69, 9.17) is 0 Å². The molecule has 1 aromatic carbocycles. The van der Waals surface area contributed by atoms with Crippen LogP contribution in [0, 0.1) is 5.92 Å². The summed E-state index contributed by atoms with van der Waals surface area (Å²) < 4.78 is 27.6. The van der Waals surface area contributed by atoms with E-state index in [2.05, 4.69) is 34.9 Å². The first-order valence-corrected chi connectivity index (χ1v) is 15.1. The number of nitrogens with zero attached hydrogens (tertiary/aromatic N) is 2. The Hall–Kier alpha value is -2.80. The zero-order valence-electron chi connectivity index (χ0n) is 22.2. The van der Waals surface area contributed by atoms with Crippen molar-refractivity contribution in [3.63, 3.8) is 0 Å². The Morgan fingerprint density at radius 3 is 2.39 bits per heavy atom. The number of hydrogen-bond acceptors (Lipinski definition) is 7. The second-order valence-electron chi connectivity index (χ2n) is 10.2. The summed E-state index contributed by atoms with van der Waals surface area (Å²) in [5.41, 5.74) is 6.21. The van der Waals surface area contributed by atoms with Crippen molar-refractivity contribution >= 4 is 44.1 Å². The third-order valence-corrected chi connectivity index (χ3v) is 10.0. The van der Waals surface area contributed by atoms with Crippen LogP contribution in [0.5, 0.6) is 0 Å². The molecule has 3 heterocycles. The van der Waals surface area contributed by atoms with Gasteiger partial charge < -0.3 is 5.32 Å². The van der Waals surface area contributed by atoms with Gasteiger partial charge in [-0.1, -0.05) is 6.92 Å². The number of thiophene rings is 1. The van der Waals surface area contributed by atoms with Crippen LogP contribution < -0.4 is 16.2 Å². The smallest absolute Gasteiger partial charge is 0.272 e. The summed E-state index contributed by atoms with van der Waals surface area (Å²) in [5.74, 6) is -1.05. The molecule has 206 valence electrons. The lowest BCUT2D eigenvalue weighted by atomic mass is 10.0. The molecule has 4 rings (SSSR count). The van der Waals surface area contributed by atoms with Crippen LogP contribution in [-0.2, 0) is 27.8 Å². The molecule has 0 bridgehead atoms. The first kappa shape index (κ1) is 28.2. The molecule has 0 radical (unpaired) electrons. The largest absolute Gasteiger partial charge is 0.313 e. The second kappa shape index (κ2) is 11.5. The first-order valence-electron chi connectivity index (χ1n) is 12.8. The van der Waals surface area contributed by atoms with Crippen molar-refractivity contribution in [2.75, 3.05) is 25.0 Å². The van der Waals surface area contributed by atoms with E-state index in [0.29, 0.717) is 48.6 Å². The standard InChI is InChI=1S/C26H35N5O5S2/c1-16(2)30-13-11-21-22(15-30)37-26(23(21)25(34)29-28-18(4)32)27-24(33)19-7-9-20(10-8-19)38(35,36)31-12-5-6-17(3)14-31/h7-10,16-17H,5-6,11-15H2,1-4H3,(H,27,33)(H,28,32)(H,29,34). The van der Waals surface area contributed by atoms with Crippen LogP contribution in [0.25, 0.3) is 0 Å². The fourth-order valence-electron chi connectivity index (χ4n) is 4.87. The van der Waals surface area contributed by atoms with Crippen LogP contribution in [0.15, 0.2) is 29.2 Å². The van der Waals surface area contributed by atoms with Crippen molar-refractivity contribution in [2.24, 2.45) is 5.92 Å². The zero-order chi connectivity index (χ0) is 27.6. The maximum absolute atomic E-state index is 13.2. The molecule has 1 unspecified atom stereocenters. The van der Waals surface area contributed by atoms with Gasteiger partial charge in [-0.25, -0.2) is 8.42 Å². The molecule has 38 heavy (non-hydrogen) atoms. The number of nitrogens with one attached hydrogen (secondary N) is 3. The van der Waals surface area contributed by atoms with Crippen molar-refractivity contribution < 1.29 is 22.8 Å². The van der Waals surface area contributed by atoms with Gasteiger partial charge in [-0.05, 0) is 68.9 Å². The molecule has 1 atom stereocenters. The van der Waals surface area contributed by atoms with E-state index < -0.39 is 27.7 Å². The number of anilines is 1. The Bertz CT molecular complexity index is 1320. The zero-order valence-corrected chi connectivity index (χ0v) is 23.8. The molecular weight excluding hydrogens is 526 g/mol. The molecule has 3 amide bonds. The van der Waals surface area contributed by atoms with Gasteiger partial charge in [0.25, 0.3) is 11.8 Å². The third kappa shape index (κ3) is 6.09. The van der Waals surface area contributed by atoms with E-state index in [1.54, 1.807) is 0 Å². The number of rotatable bonds is 6. The number of hydrazine groups is 1.